The molecule has 0 heterocycles. The van der Waals surface area contributed by atoms with E-state index in [1.807, 2.05) is 6.92 Å². The third-order valence-electron chi connectivity index (χ3n) is 0.491. The largest absolute Gasteiger partial charge is 0.247 e. The number of rotatable bonds is 2. The molecule has 0 aliphatic carbocycles. The molecule has 0 amide bonds. The summed E-state index contributed by atoms with van der Waals surface area (Å²) in [6.45, 7) is 1.65. The van der Waals surface area contributed by atoms with Gasteiger partial charge in [-0.15, -0.1) is 0 Å². The van der Waals surface area contributed by atoms with Crippen LogP contribution in [-0.4, -0.2) is 6.67 Å². The Labute approximate surface area is 37.7 Å². The van der Waals surface area contributed by atoms with Crippen molar-refractivity contribution in [3.8, 4) is 0 Å². The van der Waals surface area contributed by atoms with E-state index in [-0.39, 0.29) is 6.67 Å². The summed E-state index contributed by atoms with van der Waals surface area (Å²) in [4.78, 5) is 0. The lowest BCUT2D eigenvalue weighted by Gasteiger charge is -1.70. The van der Waals surface area contributed by atoms with Crippen molar-refractivity contribution in [2.24, 2.45) is 0 Å². The smallest absolute Gasteiger partial charge is 0.108 e. The van der Waals surface area contributed by atoms with Crippen molar-refractivity contribution in [2.45, 2.75) is 13.3 Å². The van der Waals surface area contributed by atoms with Crippen LogP contribution >= 0.6 is 0 Å². The quantitative estimate of drug-likeness (QED) is 0.452. The van der Waals surface area contributed by atoms with Crippen molar-refractivity contribution in [3.05, 3.63) is 12.2 Å². The standard InChI is InChI=1S/C5H9F/c1-2-3-4-5-6/h3-4H,2,5H2,1H3/b4-3+/i6+0. The molecule has 0 fully saturated rings. The minimum Gasteiger partial charge on any atom is -0.247 e. The molecule has 0 aromatic heterocycles. The van der Waals surface area contributed by atoms with Crippen molar-refractivity contribution in [1.29, 1.82) is 0 Å². The van der Waals surface area contributed by atoms with E-state index in [0.29, 0.717) is 0 Å². The van der Waals surface area contributed by atoms with Crippen LogP contribution in [0.25, 0.3) is 0 Å². The minimum absolute atomic E-state index is 0.326. The molecule has 6 heavy (non-hydrogen) atoms. The highest BCUT2D eigenvalue weighted by Crippen LogP contribution is 1.77. The van der Waals surface area contributed by atoms with Crippen LogP contribution in [0.4, 0.5) is 4.39 Å². The lowest BCUT2D eigenvalue weighted by molar-refractivity contribution is 0.561. The second-order valence-electron chi connectivity index (χ2n) is 1.03. The highest BCUT2D eigenvalue weighted by molar-refractivity contribution is 4.78. The summed E-state index contributed by atoms with van der Waals surface area (Å²) in [6, 6.07) is 0. The SMILES string of the molecule is CC/C=C/C[19F]. The topological polar surface area (TPSA) is 0 Å². The number of hydrogen-bond donors (Lipinski definition) is 0. The maximum Gasteiger partial charge on any atom is 0.108 e. The Balaban J connectivity index is 2.73. The van der Waals surface area contributed by atoms with Crippen LogP contribution in [0.5, 0.6) is 0 Å². The Morgan fingerprint density at radius 3 is 2.33 bits per heavy atom. The van der Waals surface area contributed by atoms with Crippen LogP contribution in [-0.2, 0) is 0 Å². The molecule has 0 rings (SSSR count). The molecule has 0 radical (unpaired) electrons. The molecule has 0 unspecified atom stereocenters. The second-order valence-corrected chi connectivity index (χ2v) is 1.03. The fraction of sp³-hybridized carbons (Fsp3) is 0.600. The lowest BCUT2D eigenvalue weighted by atomic mass is 10.4. The van der Waals surface area contributed by atoms with Crippen molar-refractivity contribution < 1.29 is 4.39 Å². The summed E-state index contributed by atoms with van der Waals surface area (Å²) >= 11 is 0. The third-order valence-corrected chi connectivity index (χ3v) is 0.491. The first-order valence-electron chi connectivity index (χ1n) is 2.12. The van der Waals surface area contributed by atoms with Gasteiger partial charge in [-0.2, -0.15) is 0 Å². The number of allylic oxidation sites excluding steroid dienone is 2. The Kier molecular flexibility index (Phi) is 4.41. The Hall–Kier alpha value is -0.330. The predicted molar refractivity (Wildman–Crippen MR) is 25.4 cm³/mol. The first-order chi connectivity index (χ1) is 2.91. The molecule has 0 bridgehead atoms. The number of hydrogen-bond acceptors (Lipinski definition) is 0. The molecule has 0 atom stereocenters. The van der Waals surface area contributed by atoms with Gasteiger partial charge in [0.05, 0.1) is 0 Å². The molecule has 0 aromatic rings. The van der Waals surface area contributed by atoms with Crippen molar-refractivity contribution in [2.75, 3.05) is 6.67 Å². The van der Waals surface area contributed by atoms with E-state index < -0.39 is 0 Å². The van der Waals surface area contributed by atoms with E-state index in [1.54, 1.807) is 6.08 Å². The fourth-order valence-corrected chi connectivity index (χ4v) is 0.230. The van der Waals surface area contributed by atoms with Gasteiger partial charge >= 0.3 is 0 Å². The van der Waals surface area contributed by atoms with Crippen LogP contribution in [0, 0.1) is 0 Å². The zero-order chi connectivity index (χ0) is 4.83. The average Bonchev–Trinajstić information content (AvgIpc) is 1.61. The number of halogens is 1. The van der Waals surface area contributed by atoms with Crippen molar-refractivity contribution in [1.82, 2.24) is 0 Å². The van der Waals surface area contributed by atoms with Gasteiger partial charge in [-0.3, -0.25) is 0 Å². The summed E-state index contributed by atoms with van der Waals surface area (Å²) in [5.41, 5.74) is 0. The maximum atomic E-state index is 11.1. The monoisotopic (exact) mass is 88.1 g/mol. The van der Waals surface area contributed by atoms with Crippen LogP contribution < -0.4 is 0 Å². The molecule has 0 N–H and O–H groups in total. The second kappa shape index (κ2) is 4.67. The van der Waals surface area contributed by atoms with E-state index in [2.05, 4.69) is 0 Å². The molecule has 0 aromatic carbocycles. The molecule has 0 nitrogen and oxygen atoms in total. The molecular formula is C5H9F. The summed E-state index contributed by atoms with van der Waals surface area (Å²) in [6.07, 6.45) is 4.25. The van der Waals surface area contributed by atoms with E-state index in [4.69, 9.17) is 0 Å². The Morgan fingerprint density at radius 2 is 2.17 bits per heavy atom. The first-order valence-corrected chi connectivity index (χ1v) is 2.12. The van der Waals surface area contributed by atoms with Gasteiger partial charge in [0.25, 0.3) is 0 Å². The summed E-state index contributed by atoms with van der Waals surface area (Å²) in [5.74, 6) is 0. The highest BCUT2D eigenvalue weighted by atomic mass is 19.1. The molecular weight excluding hydrogens is 79.1 g/mol. The summed E-state index contributed by atoms with van der Waals surface area (Å²) in [5, 5.41) is 0. The minimum atomic E-state index is -0.326. The number of alkyl halides is 1. The van der Waals surface area contributed by atoms with Crippen molar-refractivity contribution in [3.63, 3.8) is 0 Å². The Morgan fingerprint density at radius 1 is 1.50 bits per heavy atom. The van der Waals surface area contributed by atoms with Gasteiger partial charge in [0.2, 0.25) is 0 Å². The zero-order valence-corrected chi connectivity index (χ0v) is 3.95. The van der Waals surface area contributed by atoms with E-state index >= 15 is 0 Å². The van der Waals surface area contributed by atoms with Crippen LogP contribution in [0.2, 0.25) is 0 Å². The highest BCUT2D eigenvalue weighted by Gasteiger charge is 1.62. The van der Waals surface area contributed by atoms with Crippen LogP contribution in [0.15, 0.2) is 12.2 Å². The first kappa shape index (κ1) is 5.67. The molecule has 1 heteroatoms. The predicted octanol–water partition coefficient (Wildman–Crippen LogP) is 1.92. The van der Waals surface area contributed by atoms with Gasteiger partial charge in [-0.05, 0) is 6.42 Å². The van der Waals surface area contributed by atoms with Crippen molar-refractivity contribution >= 4 is 0 Å². The van der Waals surface area contributed by atoms with Gasteiger partial charge in [0.15, 0.2) is 0 Å². The van der Waals surface area contributed by atoms with Gasteiger partial charge in [0, 0.05) is 0 Å². The van der Waals surface area contributed by atoms with E-state index in [9.17, 15) is 4.39 Å². The molecule has 0 saturated heterocycles. The van der Waals surface area contributed by atoms with Crippen LogP contribution in [0.3, 0.4) is 0 Å². The molecule has 0 spiro atoms. The molecule has 0 aliphatic rings. The molecule has 36 valence electrons. The maximum absolute atomic E-state index is 11.1. The normalized spacial score (nSPS) is 10.3. The molecule has 0 aliphatic heterocycles. The lowest BCUT2D eigenvalue weighted by Crippen LogP contribution is -1.58. The molecule has 0 saturated carbocycles. The average molecular weight is 88.1 g/mol. The zero-order valence-electron chi connectivity index (χ0n) is 3.95. The van der Waals surface area contributed by atoms with Gasteiger partial charge in [-0.1, -0.05) is 19.1 Å². The van der Waals surface area contributed by atoms with Gasteiger partial charge in [0.1, 0.15) is 6.67 Å². The van der Waals surface area contributed by atoms with Gasteiger partial charge in [-0.25, -0.2) is 4.39 Å². The van der Waals surface area contributed by atoms with Gasteiger partial charge < -0.3 is 0 Å². The summed E-state index contributed by atoms with van der Waals surface area (Å²) in [7, 11) is 0. The third kappa shape index (κ3) is 3.67. The Bertz CT molecular complexity index is 33.2. The van der Waals surface area contributed by atoms with Crippen LogP contribution in [0.1, 0.15) is 13.3 Å². The summed E-state index contributed by atoms with van der Waals surface area (Å²) < 4.78 is 11.1. The van der Waals surface area contributed by atoms with E-state index in [1.165, 1.54) is 6.08 Å². The van der Waals surface area contributed by atoms with E-state index in [0.717, 1.165) is 6.42 Å². The fourth-order valence-electron chi connectivity index (χ4n) is 0.230.